The predicted molar refractivity (Wildman–Crippen MR) is 72.7 cm³/mol. The number of carbonyl (C=O) groups excluding carboxylic acids is 1. The number of nitrogen functional groups attached to an aromatic ring is 1. The summed E-state index contributed by atoms with van der Waals surface area (Å²) < 4.78 is 5.10. The Bertz CT molecular complexity index is 568. The highest BCUT2D eigenvalue weighted by molar-refractivity contribution is 5.94. The minimum absolute atomic E-state index is 0.146. The fraction of sp³-hybridized carbons (Fsp3) is 0.286. The third kappa shape index (κ3) is 2.76. The number of nitrogens with zero attached hydrogens (tertiary/aromatic N) is 1. The lowest BCUT2D eigenvalue weighted by atomic mass is 10.1. The standard InChI is InChI=1S/C14H17N3O2/c1-8(13-9(2)17-19-10(13)3)16-14(18)11-4-6-12(15)7-5-11/h4-8H,15H2,1-3H3,(H,16,18). The van der Waals surface area contributed by atoms with Gasteiger partial charge in [-0.3, -0.25) is 4.79 Å². The molecule has 100 valence electrons. The van der Waals surface area contributed by atoms with Crippen LogP contribution in [0.25, 0.3) is 0 Å². The van der Waals surface area contributed by atoms with Crippen LogP contribution in [0.2, 0.25) is 0 Å². The molecule has 1 aromatic heterocycles. The van der Waals surface area contributed by atoms with E-state index in [2.05, 4.69) is 10.5 Å². The van der Waals surface area contributed by atoms with Crippen molar-refractivity contribution in [2.75, 3.05) is 5.73 Å². The summed E-state index contributed by atoms with van der Waals surface area (Å²) in [5, 5.41) is 6.81. The summed E-state index contributed by atoms with van der Waals surface area (Å²) in [6.07, 6.45) is 0. The van der Waals surface area contributed by atoms with E-state index in [1.807, 2.05) is 20.8 Å². The van der Waals surface area contributed by atoms with Crippen molar-refractivity contribution in [1.29, 1.82) is 0 Å². The molecule has 2 rings (SSSR count). The first-order chi connectivity index (χ1) is 8.99. The van der Waals surface area contributed by atoms with Crippen LogP contribution >= 0.6 is 0 Å². The molecule has 19 heavy (non-hydrogen) atoms. The average molecular weight is 259 g/mol. The van der Waals surface area contributed by atoms with E-state index in [1.165, 1.54) is 0 Å². The summed E-state index contributed by atoms with van der Waals surface area (Å²) in [6.45, 7) is 5.60. The van der Waals surface area contributed by atoms with Gasteiger partial charge in [-0.2, -0.15) is 0 Å². The lowest BCUT2D eigenvalue weighted by molar-refractivity contribution is 0.0939. The highest BCUT2D eigenvalue weighted by Crippen LogP contribution is 2.21. The largest absolute Gasteiger partial charge is 0.399 e. The number of anilines is 1. The SMILES string of the molecule is Cc1noc(C)c1C(C)NC(=O)c1ccc(N)cc1. The number of benzene rings is 1. The quantitative estimate of drug-likeness (QED) is 0.829. The minimum Gasteiger partial charge on any atom is -0.399 e. The van der Waals surface area contributed by atoms with E-state index in [1.54, 1.807) is 24.3 Å². The van der Waals surface area contributed by atoms with Gasteiger partial charge in [0.1, 0.15) is 5.76 Å². The van der Waals surface area contributed by atoms with E-state index in [4.69, 9.17) is 10.3 Å². The van der Waals surface area contributed by atoms with Crippen LogP contribution in [0.4, 0.5) is 5.69 Å². The normalized spacial score (nSPS) is 12.2. The number of aryl methyl sites for hydroxylation is 2. The van der Waals surface area contributed by atoms with E-state index in [9.17, 15) is 4.79 Å². The maximum atomic E-state index is 12.1. The molecule has 0 aliphatic carbocycles. The highest BCUT2D eigenvalue weighted by atomic mass is 16.5. The van der Waals surface area contributed by atoms with Crippen LogP contribution in [0.3, 0.4) is 0 Å². The Hall–Kier alpha value is -2.30. The number of nitrogens with two attached hydrogens (primary N) is 1. The molecular formula is C14H17N3O2. The van der Waals surface area contributed by atoms with E-state index in [0.29, 0.717) is 11.3 Å². The van der Waals surface area contributed by atoms with E-state index >= 15 is 0 Å². The van der Waals surface area contributed by atoms with Crippen molar-refractivity contribution >= 4 is 11.6 Å². The van der Waals surface area contributed by atoms with Crippen molar-refractivity contribution in [1.82, 2.24) is 10.5 Å². The van der Waals surface area contributed by atoms with E-state index in [-0.39, 0.29) is 11.9 Å². The Morgan fingerprint density at radius 3 is 2.47 bits per heavy atom. The van der Waals surface area contributed by atoms with Crippen molar-refractivity contribution in [3.63, 3.8) is 0 Å². The molecule has 1 aromatic carbocycles. The Morgan fingerprint density at radius 2 is 1.95 bits per heavy atom. The van der Waals surface area contributed by atoms with Gasteiger partial charge in [-0.1, -0.05) is 5.16 Å². The van der Waals surface area contributed by atoms with Gasteiger partial charge < -0.3 is 15.6 Å². The van der Waals surface area contributed by atoms with Gasteiger partial charge in [-0.25, -0.2) is 0 Å². The number of carbonyl (C=O) groups is 1. The van der Waals surface area contributed by atoms with Gasteiger partial charge in [-0.15, -0.1) is 0 Å². The third-order valence-corrected chi connectivity index (χ3v) is 3.04. The molecule has 0 saturated carbocycles. The summed E-state index contributed by atoms with van der Waals surface area (Å²) in [4.78, 5) is 12.1. The average Bonchev–Trinajstić information content (AvgIpc) is 2.69. The van der Waals surface area contributed by atoms with Crippen LogP contribution in [0.1, 0.15) is 40.3 Å². The summed E-state index contributed by atoms with van der Waals surface area (Å²) >= 11 is 0. The zero-order chi connectivity index (χ0) is 14.0. The molecule has 1 atom stereocenters. The summed E-state index contributed by atoms with van der Waals surface area (Å²) in [7, 11) is 0. The number of hydrogen-bond donors (Lipinski definition) is 2. The molecule has 2 aromatic rings. The lowest BCUT2D eigenvalue weighted by Gasteiger charge is -2.13. The zero-order valence-corrected chi connectivity index (χ0v) is 11.2. The van der Waals surface area contributed by atoms with Crippen molar-refractivity contribution < 1.29 is 9.32 Å². The van der Waals surface area contributed by atoms with Gasteiger partial charge in [0, 0.05) is 16.8 Å². The minimum atomic E-state index is -0.156. The van der Waals surface area contributed by atoms with E-state index < -0.39 is 0 Å². The summed E-state index contributed by atoms with van der Waals surface area (Å²) in [5.41, 5.74) is 8.52. The van der Waals surface area contributed by atoms with Gasteiger partial charge >= 0.3 is 0 Å². The molecule has 1 unspecified atom stereocenters. The molecule has 5 heteroatoms. The number of rotatable bonds is 3. The van der Waals surface area contributed by atoms with Gasteiger partial charge in [-0.05, 0) is 45.0 Å². The monoisotopic (exact) mass is 259 g/mol. The number of aromatic nitrogens is 1. The van der Waals surface area contributed by atoms with Crippen LogP contribution in [-0.2, 0) is 0 Å². The first kappa shape index (κ1) is 13.1. The van der Waals surface area contributed by atoms with Crippen molar-refractivity contribution in [2.45, 2.75) is 26.8 Å². The molecular weight excluding hydrogens is 242 g/mol. The fourth-order valence-corrected chi connectivity index (χ4v) is 2.09. The summed E-state index contributed by atoms with van der Waals surface area (Å²) in [6, 6.07) is 6.65. The second-order valence-electron chi connectivity index (χ2n) is 4.56. The summed E-state index contributed by atoms with van der Waals surface area (Å²) in [5.74, 6) is 0.579. The van der Waals surface area contributed by atoms with E-state index in [0.717, 1.165) is 17.0 Å². The zero-order valence-electron chi connectivity index (χ0n) is 11.2. The molecule has 1 amide bonds. The Balaban J connectivity index is 2.13. The second kappa shape index (κ2) is 5.14. The Labute approximate surface area is 111 Å². The van der Waals surface area contributed by atoms with Crippen molar-refractivity contribution in [2.24, 2.45) is 0 Å². The van der Waals surface area contributed by atoms with Gasteiger partial charge in [0.2, 0.25) is 0 Å². The van der Waals surface area contributed by atoms with Crippen molar-refractivity contribution in [3.8, 4) is 0 Å². The topological polar surface area (TPSA) is 81.2 Å². The number of amides is 1. The third-order valence-electron chi connectivity index (χ3n) is 3.04. The van der Waals surface area contributed by atoms with Crippen LogP contribution in [-0.4, -0.2) is 11.1 Å². The molecule has 5 nitrogen and oxygen atoms in total. The van der Waals surface area contributed by atoms with Crippen LogP contribution < -0.4 is 11.1 Å². The molecule has 3 N–H and O–H groups in total. The predicted octanol–water partition coefficient (Wildman–Crippen LogP) is 2.36. The van der Waals surface area contributed by atoms with Crippen LogP contribution in [0.5, 0.6) is 0 Å². The molecule has 0 saturated heterocycles. The molecule has 0 aliphatic rings. The maximum Gasteiger partial charge on any atom is 0.251 e. The molecule has 0 fully saturated rings. The molecule has 1 heterocycles. The number of hydrogen-bond acceptors (Lipinski definition) is 4. The van der Waals surface area contributed by atoms with Crippen LogP contribution in [0, 0.1) is 13.8 Å². The Kier molecular flexibility index (Phi) is 3.55. The Morgan fingerprint density at radius 1 is 1.32 bits per heavy atom. The van der Waals surface area contributed by atoms with Crippen molar-refractivity contribution in [3.05, 3.63) is 46.8 Å². The van der Waals surface area contributed by atoms with Gasteiger partial charge in [0.05, 0.1) is 11.7 Å². The first-order valence-electron chi connectivity index (χ1n) is 6.08. The maximum absolute atomic E-state index is 12.1. The fourth-order valence-electron chi connectivity index (χ4n) is 2.09. The molecule has 0 radical (unpaired) electrons. The first-order valence-corrected chi connectivity index (χ1v) is 6.08. The van der Waals surface area contributed by atoms with Gasteiger partial charge in [0.25, 0.3) is 5.91 Å². The molecule has 0 aliphatic heterocycles. The molecule has 0 spiro atoms. The molecule has 0 bridgehead atoms. The van der Waals surface area contributed by atoms with Crippen LogP contribution in [0.15, 0.2) is 28.8 Å². The highest BCUT2D eigenvalue weighted by Gasteiger charge is 2.18. The smallest absolute Gasteiger partial charge is 0.251 e. The van der Waals surface area contributed by atoms with Gasteiger partial charge in [0.15, 0.2) is 0 Å². The lowest BCUT2D eigenvalue weighted by Crippen LogP contribution is -2.27. The second-order valence-corrected chi connectivity index (χ2v) is 4.56. The number of nitrogens with one attached hydrogen (secondary N) is 1.